The zero-order valence-corrected chi connectivity index (χ0v) is 11.4. The summed E-state index contributed by atoms with van der Waals surface area (Å²) in [6.45, 7) is 1.79. The molecular weight excluding hydrogens is 257 g/mol. The lowest BCUT2D eigenvalue weighted by Gasteiger charge is -2.27. The van der Waals surface area contributed by atoms with Crippen molar-refractivity contribution < 1.29 is 9.18 Å². The molecule has 4 N–H and O–H groups in total. The van der Waals surface area contributed by atoms with Gasteiger partial charge in [-0.3, -0.25) is 4.79 Å². The quantitative estimate of drug-likeness (QED) is 0.860. The minimum atomic E-state index is -0.578. The first-order valence-electron chi connectivity index (χ1n) is 7.14. The number of carbonyl (C=O) groups is 1. The van der Waals surface area contributed by atoms with Crippen molar-refractivity contribution in [2.75, 3.05) is 18.0 Å². The summed E-state index contributed by atoms with van der Waals surface area (Å²) in [5.41, 5.74) is 12.4. The summed E-state index contributed by atoms with van der Waals surface area (Å²) < 4.78 is 13.3. The molecule has 0 spiro atoms. The number of nitrogens with zero attached hydrogens (tertiary/aromatic N) is 1. The molecular formula is C15H20FN3O. The van der Waals surface area contributed by atoms with Gasteiger partial charge in [0.25, 0.3) is 5.91 Å². The maximum atomic E-state index is 13.3. The number of benzene rings is 1. The summed E-state index contributed by atoms with van der Waals surface area (Å²) in [4.78, 5) is 13.7. The number of hydrogen-bond donors (Lipinski definition) is 2. The molecule has 1 aromatic carbocycles. The van der Waals surface area contributed by atoms with E-state index in [2.05, 4.69) is 4.90 Å². The monoisotopic (exact) mass is 277 g/mol. The van der Waals surface area contributed by atoms with Crippen LogP contribution in [-0.4, -0.2) is 25.0 Å². The van der Waals surface area contributed by atoms with Crippen molar-refractivity contribution in [1.82, 2.24) is 0 Å². The second-order valence-corrected chi connectivity index (χ2v) is 6.02. The van der Waals surface area contributed by atoms with E-state index in [0.717, 1.165) is 38.0 Å². The second kappa shape index (κ2) is 5.05. The molecule has 1 amide bonds. The third kappa shape index (κ3) is 2.38. The maximum Gasteiger partial charge on any atom is 0.250 e. The average Bonchev–Trinajstić information content (AvgIpc) is 2.81. The van der Waals surface area contributed by atoms with E-state index in [-0.39, 0.29) is 5.56 Å². The molecule has 0 radical (unpaired) electrons. The van der Waals surface area contributed by atoms with Gasteiger partial charge >= 0.3 is 0 Å². The summed E-state index contributed by atoms with van der Waals surface area (Å²) in [6, 6.07) is 4.56. The van der Waals surface area contributed by atoms with Crippen LogP contribution in [0, 0.1) is 17.7 Å². The van der Waals surface area contributed by atoms with E-state index in [9.17, 15) is 9.18 Å². The number of hydrogen-bond acceptors (Lipinski definition) is 3. The molecule has 20 heavy (non-hydrogen) atoms. The highest BCUT2D eigenvalue weighted by atomic mass is 19.1. The zero-order chi connectivity index (χ0) is 14.3. The molecule has 1 saturated heterocycles. The van der Waals surface area contributed by atoms with E-state index in [4.69, 9.17) is 11.5 Å². The highest BCUT2D eigenvalue weighted by Crippen LogP contribution is 2.38. The van der Waals surface area contributed by atoms with Gasteiger partial charge in [-0.2, -0.15) is 0 Å². The molecule has 4 nitrogen and oxygen atoms in total. The lowest BCUT2D eigenvalue weighted by molar-refractivity contribution is 0.100. The van der Waals surface area contributed by atoms with Crippen molar-refractivity contribution >= 4 is 11.6 Å². The fourth-order valence-corrected chi connectivity index (χ4v) is 3.65. The first kappa shape index (κ1) is 13.4. The molecule has 1 aliphatic carbocycles. The van der Waals surface area contributed by atoms with Gasteiger partial charge in [-0.1, -0.05) is 0 Å². The Hall–Kier alpha value is -1.62. The largest absolute Gasteiger partial charge is 0.370 e. The van der Waals surface area contributed by atoms with Gasteiger partial charge in [-0.25, -0.2) is 4.39 Å². The molecule has 108 valence electrons. The summed E-state index contributed by atoms with van der Waals surface area (Å²) in [7, 11) is 0. The minimum Gasteiger partial charge on any atom is -0.370 e. The smallest absolute Gasteiger partial charge is 0.250 e. The van der Waals surface area contributed by atoms with Crippen LogP contribution in [0.25, 0.3) is 0 Å². The topological polar surface area (TPSA) is 72.4 Å². The van der Waals surface area contributed by atoms with Gasteiger partial charge in [0.15, 0.2) is 0 Å². The molecule has 1 saturated carbocycles. The molecule has 2 aliphatic rings. The first-order chi connectivity index (χ1) is 9.54. The van der Waals surface area contributed by atoms with Crippen LogP contribution in [0.15, 0.2) is 18.2 Å². The normalized spacial score (nSPS) is 29.3. The van der Waals surface area contributed by atoms with Crippen LogP contribution in [0.4, 0.5) is 10.1 Å². The van der Waals surface area contributed by atoms with Gasteiger partial charge in [-0.15, -0.1) is 0 Å². The lowest BCUT2D eigenvalue weighted by atomic mass is 9.79. The molecule has 3 atom stereocenters. The van der Waals surface area contributed by atoms with Gasteiger partial charge in [0, 0.05) is 24.8 Å². The number of halogens is 1. The molecule has 1 heterocycles. The van der Waals surface area contributed by atoms with Gasteiger partial charge in [-0.05, 0) is 49.3 Å². The Morgan fingerprint density at radius 1 is 1.25 bits per heavy atom. The molecule has 1 unspecified atom stereocenters. The Balaban J connectivity index is 1.86. The van der Waals surface area contributed by atoms with Gasteiger partial charge < -0.3 is 16.4 Å². The van der Waals surface area contributed by atoms with E-state index >= 15 is 0 Å². The Labute approximate surface area is 117 Å². The Morgan fingerprint density at radius 2 is 2.00 bits per heavy atom. The van der Waals surface area contributed by atoms with Crippen LogP contribution >= 0.6 is 0 Å². The van der Waals surface area contributed by atoms with Crippen molar-refractivity contribution in [3.63, 3.8) is 0 Å². The van der Waals surface area contributed by atoms with E-state index in [1.165, 1.54) is 12.1 Å². The molecule has 5 heteroatoms. The van der Waals surface area contributed by atoms with Crippen LogP contribution in [0.2, 0.25) is 0 Å². The van der Waals surface area contributed by atoms with Crippen molar-refractivity contribution in [3.8, 4) is 0 Å². The second-order valence-electron chi connectivity index (χ2n) is 6.02. The molecule has 1 aromatic rings. The van der Waals surface area contributed by atoms with Crippen LogP contribution in [-0.2, 0) is 0 Å². The standard InChI is InChI=1S/C15H20FN3O/c16-11-2-4-14(13(6-11)15(18)20)19-7-9-1-3-12(17)5-10(9)8-19/h2,4,6,9-10,12H,1,3,5,7-8,17H2,(H2,18,20)/t9-,10+,12?/m1/s1. The molecule has 0 aromatic heterocycles. The van der Waals surface area contributed by atoms with Crippen molar-refractivity contribution in [2.24, 2.45) is 23.3 Å². The molecule has 0 bridgehead atoms. The fourth-order valence-electron chi connectivity index (χ4n) is 3.65. The van der Waals surface area contributed by atoms with Crippen molar-refractivity contribution in [2.45, 2.75) is 25.3 Å². The predicted octanol–water partition coefficient (Wildman–Crippen LogP) is 1.49. The van der Waals surface area contributed by atoms with Gasteiger partial charge in [0.05, 0.1) is 5.56 Å². The summed E-state index contributed by atoms with van der Waals surface area (Å²) in [6.07, 6.45) is 3.24. The number of carbonyl (C=O) groups excluding carboxylic acids is 1. The fraction of sp³-hybridized carbons (Fsp3) is 0.533. The van der Waals surface area contributed by atoms with E-state index in [1.807, 2.05) is 0 Å². The third-order valence-corrected chi connectivity index (χ3v) is 4.65. The average molecular weight is 277 g/mol. The van der Waals surface area contributed by atoms with E-state index < -0.39 is 11.7 Å². The van der Waals surface area contributed by atoms with E-state index in [0.29, 0.717) is 17.9 Å². The highest BCUT2D eigenvalue weighted by molar-refractivity contribution is 5.98. The van der Waals surface area contributed by atoms with Crippen molar-refractivity contribution in [3.05, 3.63) is 29.6 Å². The molecule has 1 aliphatic heterocycles. The predicted molar refractivity (Wildman–Crippen MR) is 75.9 cm³/mol. The Bertz CT molecular complexity index is 534. The highest BCUT2D eigenvalue weighted by Gasteiger charge is 2.37. The Kier molecular flexibility index (Phi) is 3.38. The van der Waals surface area contributed by atoms with Crippen LogP contribution < -0.4 is 16.4 Å². The van der Waals surface area contributed by atoms with Crippen LogP contribution in [0.5, 0.6) is 0 Å². The summed E-state index contributed by atoms with van der Waals surface area (Å²) in [5.74, 6) is 0.192. The molecule has 3 rings (SSSR count). The minimum absolute atomic E-state index is 0.271. The van der Waals surface area contributed by atoms with Crippen molar-refractivity contribution in [1.29, 1.82) is 0 Å². The number of amides is 1. The Morgan fingerprint density at radius 3 is 2.75 bits per heavy atom. The zero-order valence-electron chi connectivity index (χ0n) is 11.4. The van der Waals surface area contributed by atoms with Gasteiger partial charge in [0.1, 0.15) is 5.82 Å². The maximum absolute atomic E-state index is 13.3. The number of nitrogens with two attached hydrogens (primary N) is 2. The first-order valence-corrected chi connectivity index (χ1v) is 7.14. The van der Waals surface area contributed by atoms with E-state index in [1.54, 1.807) is 6.07 Å². The van der Waals surface area contributed by atoms with Crippen LogP contribution in [0.1, 0.15) is 29.6 Å². The number of primary amides is 1. The molecule has 2 fully saturated rings. The lowest BCUT2D eigenvalue weighted by Crippen LogP contribution is -2.32. The van der Waals surface area contributed by atoms with Crippen LogP contribution in [0.3, 0.4) is 0 Å². The number of rotatable bonds is 2. The third-order valence-electron chi connectivity index (χ3n) is 4.65. The summed E-state index contributed by atoms with van der Waals surface area (Å²) >= 11 is 0. The number of fused-ring (bicyclic) bond motifs is 1. The van der Waals surface area contributed by atoms with Gasteiger partial charge in [0.2, 0.25) is 0 Å². The SMILES string of the molecule is NC(=O)c1cc(F)ccc1N1C[C@H]2CCC(N)C[C@H]2C1. The summed E-state index contributed by atoms with van der Waals surface area (Å²) in [5, 5.41) is 0. The number of anilines is 1.